The van der Waals surface area contributed by atoms with Gasteiger partial charge in [-0.05, 0) is 31.7 Å². The number of ether oxygens (including phenoxy) is 1. The molecule has 0 saturated carbocycles. The molecule has 6 nitrogen and oxygen atoms in total. The Morgan fingerprint density at radius 2 is 1.83 bits per heavy atom. The average molecular weight is 401 g/mol. The van der Waals surface area contributed by atoms with E-state index in [0.717, 1.165) is 25.3 Å². The summed E-state index contributed by atoms with van der Waals surface area (Å²) in [6, 6.07) is 6.53. The molecule has 0 aromatic heterocycles. The summed E-state index contributed by atoms with van der Waals surface area (Å²) in [5.41, 5.74) is 1.06. The van der Waals surface area contributed by atoms with Crippen molar-refractivity contribution in [1.29, 1.82) is 0 Å². The first-order valence-electron chi connectivity index (χ1n) is 10.4. The molecule has 1 amide bonds. The first-order valence-corrected chi connectivity index (χ1v) is 10.4. The Labute approximate surface area is 170 Å². The van der Waals surface area contributed by atoms with Crippen molar-refractivity contribution in [1.82, 2.24) is 9.80 Å². The zero-order valence-electron chi connectivity index (χ0n) is 17.1. The minimum Gasteiger partial charge on any atom is -0.450 e. The van der Waals surface area contributed by atoms with Crippen molar-refractivity contribution in [2.24, 2.45) is 0 Å². The van der Waals surface area contributed by atoms with Gasteiger partial charge in [-0.25, -0.2) is 9.18 Å². The maximum absolute atomic E-state index is 13.5. The molecule has 4 rings (SSSR count). The number of likely N-dealkylation sites (tertiary alicyclic amines) is 1. The molecule has 0 bridgehead atoms. The number of amides is 1. The van der Waals surface area contributed by atoms with Crippen LogP contribution in [0.1, 0.15) is 26.7 Å². The van der Waals surface area contributed by atoms with Crippen LogP contribution < -0.4 is 4.90 Å². The number of esters is 1. The zero-order chi connectivity index (χ0) is 20.6. The lowest BCUT2D eigenvalue weighted by Crippen LogP contribution is -2.53. The summed E-state index contributed by atoms with van der Waals surface area (Å²) < 4.78 is 19.3. The second-order valence-corrected chi connectivity index (χ2v) is 8.08. The van der Waals surface area contributed by atoms with Gasteiger partial charge < -0.3 is 19.4 Å². The molecule has 1 spiro atoms. The summed E-state index contributed by atoms with van der Waals surface area (Å²) in [4.78, 5) is 32.0. The summed E-state index contributed by atoms with van der Waals surface area (Å²) >= 11 is 0. The van der Waals surface area contributed by atoms with E-state index in [1.165, 1.54) is 12.1 Å². The summed E-state index contributed by atoms with van der Waals surface area (Å²) in [5.74, 6) is -0.711. The monoisotopic (exact) mass is 401 g/mol. The van der Waals surface area contributed by atoms with Crippen molar-refractivity contribution in [2.45, 2.75) is 32.3 Å². The van der Waals surface area contributed by atoms with E-state index >= 15 is 0 Å². The fourth-order valence-corrected chi connectivity index (χ4v) is 4.69. The average Bonchev–Trinajstić information content (AvgIpc) is 2.97. The second-order valence-electron chi connectivity index (χ2n) is 8.08. The molecule has 1 aromatic carbocycles. The highest BCUT2D eigenvalue weighted by molar-refractivity contribution is 6.07. The molecule has 156 valence electrons. The van der Waals surface area contributed by atoms with Crippen molar-refractivity contribution < 1.29 is 18.7 Å². The Balaban J connectivity index is 1.48. The minimum absolute atomic E-state index is 0.0859. The van der Waals surface area contributed by atoms with E-state index in [-0.39, 0.29) is 17.7 Å². The lowest BCUT2D eigenvalue weighted by molar-refractivity contribution is -0.151. The normalized spacial score (nSPS) is 22.4. The number of halogens is 1. The van der Waals surface area contributed by atoms with Crippen molar-refractivity contribution in [2.75, 3.05) is 50.7 Å². The number of nitrogens with zero attached hydrogens (tertiary/aromatic N) is 3. The Morgan fingerprint density at radius 1 is 1.14 bits per heavy atom. The third-order valence-corrected chi connectivity index (χ3v) is 6.49. The highest BCUT2D eigenvalue weighted by Gasteiger charge is 2.51. The van der Waals surface area contributed by atoms with Crippen molar-refractivity contribution in [3.05, 3.63) is 41.2 Å². The quantitative estimate of drug-likeness (QED) is 0.727. The molecule has 1 aromatic rings. The number of rotatable bonds is 3. The van der Waals surface area contributed by atoms with Crippen LogP contribution in [0.2, 0.25) is 0 Å². The number of hydrogen-bond acceptors (Lipinski definition) is 5. The van der Waals surface area contributed by atoms with Crippen LogP contribution in [0.4, 0.5) is 10.1 Å². The number of hydrogen-bond donors (Lipinski definition) is 0. The van der Waals surface area contributed by atoms with Crippen LogP contribution in [0.5, 0.6) is 0 Å². The molecule has 3 aliphatic rings. The fraction of sp³-hybridized carbons (Fsp3) is 0.545. The van der Waals surface area contributed by atoms with E-state index in [0.29, 0.717) is 50.2 Å². The Kier molecular flexibility index (Phi) is 5.34. The van der Waals surface area contributed by atoms with Gasteiger partial charge in [-0.15, -0.1) is 0 Å². The molecule has 0 radical (unpaired) electrons. The second kappa shape index (κ2) is 7.78. The molecular formula is C22H28FN3O3. The highest BCUT2D eigenvalue weighted by atomic mass is 19.1. The van der Waals surface area contributed by atoms with Gasteiger partial charge in [-0.1, -0.05) is 13.0 Å². The van der Waals surface area contributed by atoms with Gasteiger partial charge in [0.05, 0.1) is 5.57 Å². The van der Waals surface area contributed by atoms with Crippen LogP contribution in [-0.2, 0) is 14.3 Å². The Morgan fingerprint density at radius 3 is 2.45 bits per heavy atom. The van der Waals surface area contributed by atoms with E-state index in [4.69, 9.17) is 4.74 Å². The predicted octanol–water partition coefficient (Wildman–Crippen LogP) is 2.20. The van der Waals surface area contributed by atoms with Crippen LogP contribution >= 0.6 is 0 Å². The molecule has 0 aliphatic carbocycles. The van der Waals surface area contributed by atoms with E-state index in [1.54, 1.807) is 13.0 Å². The number of benzene rings is 1. The van der Waals surface area contributed by atoms with Crippen molar-refractivity contribution in [3.63, 3.8) is 0 Å². The number of piperidine rings is 1. The number of carbonyl (C=O) groups is 2. The van der Waals surface area contributed by atoms with Crippen molar-refractivity contribution >= 4 is 17.6 Å². The van der Waals surface area contributed by atoms with E-state index in [9.17, 15) is 14.0 Å². The van der Waals surface area contributed by atoms with Gasteiger partial charge in [0.25, 0.3) is 5.91 Å². The Bertz CT molecular complexity index is 837. The van der Waals surface area contributed by atoms with Gasteiger partial charge in [-0.2, -0.15) is 0 Å². The standard InChI is InChI=1S/C22H28FN3O3/c1-3-24-9-7-22(8-10-24)19(16(2)21(28)29-22)20(27)26-13-11-25(12-14-26)18-6-4-5-17(23)15-18/h4-6,15H,3,7-14H2,1-2H3. The van der Waals surface area contributed by atoms with Crippen LogP contribution in [-0.4, -0.2) is 73.1 Å². The molecule has 7 heteroatoms. The number of anilines is 1. The number of piperazine rings is 1. The summed E-state index contributed by atoms with van der Waals surface area (Å²) in [5, 5.41) is 0. The van der Waals surface area contributed by atoms with E-state index < -0.39 is 5.60 Å². The van der Waals surface area contributed by atoms with Crippen LogP contribution in [0.3, 0.4) is 0 Å². The topological polar surface area (TPSA) is 53.1 Å². The van der Waals surface area contributed by atoms with Crippen molar-refractivity contribution in [3.8, 4) is 0 Å². The van der Waals surface area contributed by atoms with Gasteiger partial charge in [0.15, 0.2) is 0 Å². The molecular weight excluding hydrogens is 373 g/mol. The fourth-order valence-electron chi connectivity index (χ4n) is 4.69. The highest BCUT2D eigenvalue weighted by Crippen LogP contribution is 2.42. The molecule has 3 aliphatic heterocycles. The summed E-state index contributed by atoms with van der Waals surface area (Å²) in [7, 11) is 0. The SMILES string of the molecule is CCN1CCC2(CC1)OC(=O)C(C)=C2C(=O)N1CCN(c2cccc(F)c2)CC1. The van der Waals surface area contributed by atoms with Crippen LogP contribution in [0.15, 0.2) is 35.4 Å². The molecule has 0 unspecified atom stereocenters. The molecule has 3 heterocycles. The van der Waals surface area contributed by atoms with Crippen LogP contribution in [0.25, 0.3) is 0 Å². The maximum atomic E-state index is 13.5. The smallest absolute Gasteiger partial charge is 0.335 e. The molecule has 2 fully saturated rings. The zero-order valence-corrected chi connectivity index (χ0v) is 17.1. The third-order valence-electron chi connectivity index (χ3n) is 6.49. The maximum Gasteiger partial charge on any atom is 0.335 e. The molecule has 2 saturated heterocycles. The minimum atomic E-state index is -0.774. The molecule has 0 atom stereocenters. The first kappa shape index (κ1) is 19.9. The van der Waals surface area contributed by atoms with Gasteiger partial charge in [0, 0.05) is 63.4 Å². The Hall–Kier alpha value is -2.41. The molecule has 0 N–H and O–H groups in total. The lowest BCUT2D eigenvalue weighted by Gasteiger charge is -2.41. The summed E-state index contributed by atoms with van der Waals surface area (Å²) in [6.45, 7) is 8.76. The third kappa shape index (κ3) is 3.64. The van der Waals surface area contributed by atoms with Gasteiger partial charge in [0.2, 0.25) is 0 Å². The van der Waals surface area contributed by atoms with Gasteiger partial charge in [0.1, 0.15) is 11.4 Å². The number of carbonyl (C=O) groups excluding carboxylic acids is 2. The predicted molar refractivity (Wildman–Crippen MR) is 108 cm³/mol. The van der Waals surface area contributed by atoms with Crippen LogP contribution in [0, 0.1) is 5.82 Å². The van der Waals surface area contributed by atoms with Gasteiger partial charge in [-0.3, -0.25) is 4.79 Å². The lowest BCUT2D eigenvalue weighted by atomic mass is 9.82. The van der Waals surface area contributed by atoms with Gasteiger partial charge >= 0.3 is 5.97 Å². The first-order chi connectivity index (χ1) is 13.9. The largest absolute Gasteiger partial charge is 0.450 e. The molecule has 29 heavy (non-hydrogen) atoms. The van der Waals surface area contributed by atoms with E-state index in [2.05, 4.69) is 16.7 Å². The van der Waals surface area contributed by atoms with E-state index in [1.807, 2.05) is 11.0 Å². The summed E-state index contributed by atoms with van der Waals surface area (Å²) in [6.07, 6.45) is 1.32.